The van der Waals surface area contributed by atoms with E-state index >= 15 is 0 Å². The highest BCUT2D eigenvalue weighted by Gasteiger charge is 2.22. The van der Waals surface area contributed by atoms with Crippen LogP contribution < -0.4 is 16.7 Å². The van der Waals surface area contributed by atoms with Crippen molar-refractivity contribution >= 4 is 23.6 Å². The van der Waals surface area contributed by atoms with E-state index in [4.69, 9.17) is 11.7 Å². The number of nitro groups is 1. The van der Waals surface area contributed by atoms with Crippen LogP contribution in [-0.4, -0.2) is 35.2 Å². The summed E-state index contributed by atoms with van der Waals surface area (Å²) in [4.78, 5) is 25.0. The summed E-state index contributed by atoms with van der Waals surface area (Å²) in [5, 5.41) is 15.4. The van der Waals surface area contributed by atoms with Crippen LogP contribution in [0.15, 0.2) is 53.6 Å². The van der Waals surface area contributed by atoms with Crippen molar-refractivity contribution in [3.63, 3.8) is 0 Å². The third-order valence-corrected chi connectivity index (χ3v) is 5.74. The van der Waals surface area contributed by atoms with Gasteiger partial charge in [0.2, 0.25) is 5.91 Å². The summed E-state index contributed by atoms with van der Waals surface area (Å²) in [6.45, 7) is 1.54. The lowest BCUT2D eigenvalue weighted by Crippen LogP contribution is -2.39. The molecule has 1 amide bonds. The van der Waals surface area contributed by atoms with E-state index in [0.29, 0.717) is 12.3 Å². The highest BCUT2D eigenvalue weighted by Crippen LogP contribution is 2.24. The second-order valence-electron chi connectivity index (χ2n) is 7.80. The van der Waals surface area contributed by atoms with E-state index in [9.17, 15) is 14.9 Å². The number of nitro benzene ring substituents is 1. The van der Waals surface area contributed by atoms with Gasteiger partial charge in [-0.25, -0.2) is 5.84 Å². The fourth-order valence-corrected chi connectivity index (χ4v) is 3.84. The average molecular weight is 425 g/mol. The summed E-state index contributed by atoms with van der Waals surface area (Å²) >= 11 is 0. The van der Waals surface area contributed by atoms with Crippen molar-refractivity contribution in [2.45, 2.75) is 32.1 Å². The lowest BCUT2D eigenvalue weighted by molar-refractivity contribution is -0.384. The number of anilines is 1. The molecule has 3 rings (SSSR count). The van der Waals surface area contributed by atoms with Crippen molar-refractivity contribution in [3.8, 4) is 0 Å². The Hall–Kier alpha value is -3.46. The predicted molar refractivity (Wildman–Crippen MR) is 120 cm³/mol. The minimum absolute atomic E-state index is 0.120. The molecule has 1 aliphatic rings. The summed E-state index contributed by atoms with van der Waals surface area (Å²) < 4.78 is 0. The Morgan fingerprint density at radius 3 is 2.32 bits per heavy atom. The van der Waals surface area contributed by atoms with Crippen LogP contribution in [0.2, 0.25) is 0 Å². The first kappa shape index (κ1) is 22.2. The van der Waals surface area contributed by atoms with E-state index in [1.165, 1.54) is 11.3 Å². The molecule has 0 unspecified atom stereocenters. The van der Waals surface area contributed by atoms with E-state index in [-0.39, 0.29) is 16.5 Å². The van der Waals surface area contributed by atoms with Crippen molar-refractivity contribution in [1.29, 1.82) is 0 Å². The Labute approximate surface area is 181 Å². The number of carbonyl (C=O) groups excluding carboxylic acids is 1. The first-order valence-electron chi connectivity index (χ1n) is 10.3. The highest BCUT2D eigenvalue weighted by molar-refractivity contribution is 5.80. The molecule has 0 radical (unpaired) electrons. The summed E-state index contributed by atoms with van der Waals surface area (Å²) in [6.07, 6.45) is 5.57. The standard InChI is InChI=1S/C22H28N6O3/c23-25-16-27(24)20-7-5-19(6-8-20)15-22(29)26-13-11-18(12-14-26)2-1-17-3-9-21(10-4-17)28(30)31/h3-10,16,18H,1-2,11-15,23-24H2/b25-16-. The predicted octanol–water partition coefficient (Wildman–Crippen LogP) is 2.59. The van der Waals surface area contributed by atoms with Gasteiger partial charge >= 0.3 is 0 Å². The second-order valence-corrected chi connectivity index (χ2v) is 7.80. The third kappa shape index (κ3) is 6.26. The molecular weight excluding hydrogens is 396 g/mol. The number of hydrogen-bond donors (Lipinski definition) is 2. The number of non-ortho nitro benzene ring substituents is 1. The zero-order valence-electron chi connectivity index (χ0n) is 17.4. The molecule has 0 aliphatic carbocycles. The van der Waals surface area contributed by atoms with Crippen LogP contribution in [0.25, 0.3) is 0 Å². The fourth-order valence-electron chi connectivity index (χ4n) is 3.84. The molecule has 9 nitrogen and oxygen atoms in total. The number of carbonyl (C=O) groups is 1. The van der Waals surface area contributed by atoms with Crippen LogP contribution in [0.5, 0.6) is 0 Å². The van der Waals surface area contributed by atoms with Crippen molar-refractivity contribution in [3.05, 3.63) is 69.8 Å². The molecule has 4 N–H and O–H groups in total. The van der Waals surface area contributed by atoms with Gasteiger partial charge in [-0.2, -0.15) is 5.10 Å². The molecule has 31 heavy (non-hydrogen) atoms. The van der Waals surface area contributed by atoms with E-state index in [2.05, 4.69) is 5.10 Å². The molecule has 0 bridgehead atoms. The maximum atomic E-state index is 12.7. The molecule has 1 saturated heterocycles. The minimum Gasteiger partial charge on any atom is -0.342 e. The monoisotopic (exact) mass is 424 g/mol. The molecule has 0 atom stereocenters. The molecule has 2 aromatic carbocycles. The molecule has 0 aromatic heterocycles. The van der Waals surface area contributed by atoms with Gasteiger partial charge in [-0.05, 0) is 54.9 Å². The van der Waals surface area contributed by atoms with Gasteiger partial charge in [-0.15, -0.1) is 0 Å². The van der Waals surface area contributed by atoms with Crippen LogP contribution in [-0.2, 0) is 17.6 Å². The molecular formula is C22H28N6O3. The van der Waals surface area contributed by atoms with Crippen LogP contribution in [0.3, 0.4) is 0 Å². The molecule has 0 saturated carbocycles. The number of hydrogen-bond acceptors (Lipinski definition) is 6. The van der Waals surface area contributed by atoms with Crippen molar-refractivity contribution in [2.24, 2.45) is 22.7 Å². The Kier molecular flexibility index (Phi) is 7.55. The third-order valence-electron chi connectivity index (χ3n) is 5.74. The molecule has 0 spiro atoms. The van der Waals surface area contributed by atoms with Gasteiger partial charge in [0.25, 0.3) is 5.69 Å². The maximum Gasteiger partial charge on any atom is 0.269 e. The number of aryl methyl sites for hydroxylation is 1. The lowest BCUT2D eigenvalue weighted by Gasteiger charge is -2.32. The first-order valence-corrected chi connectivity index (χ1v) is 10.3. The van der Waals surface area contributed by atoms with E-state index in [1.807, 2.05) is 41.3 Å². The average Bonchev–Trinajstić information content (AvgIpc) is 2.79. The topological polar surface area (TPSA) is 131 Å². The number of piperidine rings is 1. The number of nitrogens with two attached hydrogens (primary N) is 2. The summed E-state index contributed by atoms with van der Waals surface area (Å²) in [5.74, 6) is 11.6. The molecule has 1 fully saturated rings. The number of hydrazine groups is 1. The number of nitrogens with zero attached hydrogens (tertiary/aromatic N) is 4. The zero-order valence-corrected chi connectivity index (χ0v) is 17.4. The van der Waals surface area contributed by atoms with E-state index in [1.54, 1.807) is 12.1 Å². The normalized spacial score (nSPS) is 14.7. The molecule has 9 heteroatoms. The van der Waals surface area contributed by atoms with Crippen LogP contribution in [0, 0.1) is 16.0 Å². The molecule has 164 valence electrons. The summed E-state index contributed by atoms with van der Waals surface area (Å²) in [6, 6.07) is 14.2. The number of rotatable bonds is 8. The molecule has 2 aromatic rings. The van der Waals surface area contributed by atoms with Crippen LogP contribution in [0.4, 0.5) is 11.4 Å². The Morgan fingerprint density at radius 2 is 1.74 bits per heavy atom. The SMILES string of the molecule is N/N=C\N(N)c1ccc(CC(=O)N2CCC(CCc3ccc([N+](=O)[O-])cc3)CC2)cc1. The number of hydrazone groups is 1. The minimum atomic E-state index is -0.381. The fraction of sp³-hybridized carbons (Fsp3) is 0.364. The van der Waals surface area contributed by atoms with Crippen molar-refractivity contribution in [2.75, 3.05) is 18.1 Å². The van der Waals surface area contributed by atoms with E-state index < -0.39 is 0 Å². The Morgan fingerprint density at radius 1 is 1.13 bits per heavy atom. The Bertz CT molecular complexity index is 906. The smallest absolute Gasteiger partial charge is 0.269 e. The highest BCUT2D eigenvalue weighted by atomic mass is 16.6. The summed E-state index contributed by atoms with van der Waals surface area (Å²) in [5.41, 5.74) is 2.91. The number of benzene rings is 2. The number of amides is 1. The summed E-state index contributed by atoms with van der Waals surface area (Å²) in [7, 11) is 0. The van der Waals surface area contributed by atoms with Gasteiger partial charge in [-0.1, -0.05) is 24.3 Å². The van der Waals surface area contributed by atoms with Crippen LogP contribution >= 0.6 is 0 Å². The zero-order chi connectivity index (χ0) is 22.2. The van der Waals surface area contributed by atoms with E-state index in [0.717, 1.165) is 55.6 Å². The van der Waals surface area contributed by atoms with Gasteiger partial charge in [0.15, 0.2) is 0 Å². The Balaban J connectivity index is 1.42. The van der Waals surface area contributed by atoms with Crippen LogP contribution in [0.1, 0.15) is 30.4 Å². The number of likely N-dealkylation sites (tertiary alicyclic amines) is 1. The first-order chi connectivity index (χ1) is 15.0. The quantitative estimate of drug-likeness (QED) is 0.220. The van der Waals surface area contributed by atoms with Crippen molar-refractivity contribution < 1.29 is 9.72 Å². The molecule has 1 heterocycles. The molecule has 1 aliphatic heterocycles. The largest absolute Gasteiger partial charge is 0.342 e. The maximum absolute atomic E-state index is 12.7. The lowest BCUT2D eigenvalue weighted by atomic mass is 9.90. The van der Waals surface area contributed by atoms with Crippen molar-refractivity contribution in [1.82, 2.24) is 4.90 Å². The van der Waals surface area contributed by atoms with Gasteiger partial charge in [0.05, 0.1) is 17.0 Å². The van der Waals surface area contributed by atoms with Gasteiger partial charge in [0.1, 0.15) is 6.34 Å². The van der Waals surface area contributed by atoms with Gasteiger partial charge < -0.3 is 10.7 Å². The second kappa shape index (κ2) is 10.5. The van der Waals surface area contributed by atoms with Gasteiger partial charge in [0, 0.05) is 25.2 Å². The van der Waals surface area contributed by atoms with Gasteiger partial charge in [-0.3, -0.25) is 19.9 Å².